The monoisotopic (exact) mass is 139 g/mol. The van der Waals surface area contributed by atoms with Gasteiger partial charge in [-0.15, -0.1) is 5.11 Å². The lowest BCUT2D eigenvalue weighted by molar-refractivity contribution is 0.750. The molecule has 0 aliphatic rings. The normalized spacial score (nSPS) is 11.0. The molecule has 0 spiro atoms. The molecule has 5 nitrogen and oxygen atoms in total. The van der Waals surface area contributed by atoms with E-state index in [0.717, 1.165) is 5.69 Å². The van der Waals surface area contributed by atoms with E-state index in [1.807, 2.05) is 6.92 Å². The molecule has 0 amide bonds. The first-order chi connectivity index (χ1) is 4.74. The van der Waals surface area contributed by atoms with Gasteiger partial charge in [0.25, 0.3) is 0 Å². The van der Waals surface area contributed by atoms with Gasteiger partial charge >= 0.3 is 0 Å². The predicted molar refractivity (Wildman–Crippen MR) is 36.6 cm³/mol. The number of nitrogens with zero attached hydrogens (tertiary/aromatic N) is 4. The van der Waals surface area contributed by atoms with Crippen molar-refractivity contribution in [3.63, 3.8) is 0 Å². The van der Waals surface area contributed by atoms with Crippen LogP contribution in [0.2, 0.25) is 0 Å². The third-order valence-electron chi connectivity index (χ3n) is 1.14. The molecular weight excluding hydrogens is 130 g/mol. The Balaban J connectivity index is 3.03. The number of rotatable bonds is 1. The van der Waals surface area contributed by atoms with Crippen LogP contribution < -0.4 is 5.84 Å². The lowest BCUT2D eigenvalue weighted by Crippen LogP contribution is -1.89. The minimum Gasteiger partial charge on any atom is -0.305 e. The van der Waals surface area contributed by atoms with Crippen LogP contribution in [0.5, 0.6) is 0 Å². The number of hydrogen-bond acceptors (Lipinski definition) is 3. The number of hydrogen-bond donors (Lipinski definition) is 1. The van der Waals surface area contributed by atoms with Gasteiger partial charge < -0.3 is 5.84 Å². The van der Waals surface area contributed by atoms with Gasteiger partial charge in [0.05, 0.1) is 5.69 Å². The third kappa shape index (κ3) is 1.12. The summed E-state index contributed by atoms with van der Waals surface area (Å²) in [6.45, 7) is 1.88. The van der Waals surface area contributed by atoms with Crippen LogP contribution in [-0.4, -0.2) is 9.78 Å². The van der Waals surface area contributed by atoms with Crippen LogP contribution in [0.15, 0.2) is 16.4 Å². The molecule has 0 aliphatic heterocycles. The van der Waals surface area contributed by atoms with E-state index in [0.29, 0.717) is 5.82 Å². The Bertz CT molecular complexity index is 249. The molecule has 1 rings (SSSR count). The number of nitrogens with two attached hydrogens (primary N) is 1. The lowest BCUT2D eigenvalue weighted by Gasteiger charge is -1.88. The van der Waals surface area contributed by atoms with Gasteiger partial charge in [0.15, 0.2) is 5.82 Å². The van der Waals surface area contributed by atoms with Crippen molar-refractivity contribution in [1.82, 2.24) is 9.78 Å². The third-order valence-corrected chi connectivity index (χ3v) is 1.14. The van der Waals surface area contributed by atoms with Crippen molar-refractivity contribution in [1.29, 1.82) is 0 Å². The van der Waals surface area contributed by atoms with Crippen LogP contribution in [0.3, 0.4) is 0 Å². The SMILES string of the molecule is Cc1cc(N=NN)n(C)n1. The number of aryl methyl sites for hydroxylation is 2. The molecule has 0 saturated carbocycles. The minimum absolute atomic E-state index is 0.667. The van der Waals surface area contributed by atoms with E-state index in [1.165, 1.54) is 0 Å². The van der Waals surface area contributed by atoms with Crippen molar-refractivity contribution in [3.05, 3.63) is 11.8 Å². The average molecular weight is 139 g/mol. The van der Waals surface area contributed by atoms with Gasteiger partial charge in [0.2, 0.25) is 0 Å². The molecule has 0 aromatic carbocycles. The molecule has 0 unspecified atom stereocenters. The van der Waals surface area contributed by atoms with Crippen molar-refractivity contribution in [2.75, 3.05) is 0 Å². The summed E-state index contributed by atoms with van der Waals surface area (Å²) < 4.78 is 1.62. The van der Waals surface area contributed by atoms with E-state index in [-0.39, 0.29) is 0 Å². The van der Waals surface area contributed by atoms with E-state index < -0.39 is 0 Å². The Morgan fingerprint density at radius 2 is 2.40 bits per heavy atom. The summed E-state index contributed by atoms with van der Waals surface area (Å²) in [7, 11) is 1.79. The van der Waals surface area contributed by atoms with Crippen molar-refractivity contribution in [2.24, 2.45) is 23.2 Å². The Morgan fingerprint density at radius 3 is 2.80 bits per heavy atom. The minimum atomic E-state index is 0.667. The number of aromatic nitrogens is 2. The highest BCUT2D eigenvalue weighted by Gasteiger charge is 1.97. The van der Waals surface area contributed by atoms with Crippen LogP contribution in [0.1, 0.15) is 5.69 Å². The van der Waals surface area contributed by atoms with Gasteiger partial charge in [-0.05, 0) is 6.92 Å². The summed E-state index contributed by atoms with van der Waals surface area (Å²) in [5.74, 6) is 5.52. The molecule has 0 radical (unpaired) electrons. The maximum Gasteiger partial charge on any atom is 0.174 e. The fourth-order valence-electron chi connectivity index (χ4n) is 0.750. The molecule has 0 fully saturated rings. The fraction of sp³-hybridized carbons (Fsp3) is 0.400. The first kappa shape index (κ1) is 6.73. The predicted octanol–water partition coefficient (Wildman–Crippen LogP) is 0.686. The van der Waals surface area contributed by atoms with Crippen molar-refractivity contribution in [2.45, 2.75) is 6.92 Å². The summed E-state index contributed by atoms with van der Waals surface area (Å²) in [5.41, 5.74) is 0.907. The smallest absolute Gasteiger partial charge is 0.174 e. The van der Waals surface area contributed by atoms with E-state index in [2.05, 4.69) is 15.4 Å². The molecule has 1 aromatic rings. The van der Waals surface area contributed by atoms with Crippen LogP contribution >= 0.6 is 0 Å². The molecule has 1 aromatic heterocycles. The highest BCUT2D eigenvalue weighted by molar-refractivity contribution is 5.27. The Kier molecular flexibility index (Phi) is 1.66. The summed E-state index contributed by atoms with van der Waals surface area (Å²) in [5, 5.41) is 10.8. The fourth-order valence-corrected chi connectivity index (χ4v) is 0.750. The highest BCUT2D eigenvalue weighted by Crippen LogP contribution is 2.10. The highest BCUT2D eigenvalue weighted by atomic mass is 15.4. The van der Waals surface area contributed by atoms with E-state index in [9.17, 15) is 0 Å². The molecule has 2 N–H and O–H groups in total. The average Bonchev–Trinajstić information content (AvgIpc) is 2.13. The van der Waals surface area contributed by atoms with Gasteiger partial charge in [-0.3, -0.25) is 0 Å². The summed E-state index contributed by atoms with van der Waals surface area (Å²) in [6, 6.07) is 1.80. The second-order valence-corrected chi connectivity index (χ2v) is 1.98. The van der Waals surface area contributed by atoms with Crippen molar-refractivity contribution >= 4 is 5.82 Å². The van der Waals surface area contributed by atoms with E-state index in [1.54, 1.807) is 17.8 Å². The molecule has 1 heterocycles. The molecule has 0 aliphatic carbocycles. The first-order valence-corrected chi connectivity index (χ1v) is 2.85. The molecule has 54 valence electrons. The van der Waals surface area contributed by atoms with E-state index in [4.69, 9.17) is 5.84 Å². The zero-order valence-corrected chi connectivity index (χ0v) is 5.94. The van der Waals surface area contributed by atoms with Crippen molar-refractivity contribution < 1.29 is 0 Å². The molecule has 0 bridgehead atoms. The molecule has 10 heavy (non-hydrogen) atoms. The van der Waals surface area contributed by atoms with Gasteiger partial charge in [-0.1, -0.05) is 5.22 Å². The topological polar surface area (TPSA) is 68.6 Å². The Morgan fingerprint density at radius 1 is 1.70 bits per heavy atom. The van der Waals surface area contributed by atoms with Crippen LogP contribution in [-0.2, 0) is 7.05 Å². The second kappa shape index (κ2) is 2.47. The lowest BCUT2D eigenvalue weighted by atomic mass is 10.5. The van der Waals surface area contributed by atoms with E-state index >= 15 is 0 Å². The Hall–Kier alpha value is -1.39. The maximum absolute atomic E-state index is 4.86. The molecule has 0 atom stereocenters. The van der Waals surface area contributed by atoms with Crippen molar-refractivity contribution in [3.8, 4) is 0 Å². The van der Waals surface area contributed by atoms with Gasteiger partial charge in [0.1, 0.15) is 0 Å². The standard InChI is InChI=1S/C5H9N5/c1-4-3-5(7-9-6)10(2)8-4/h3H,1-2H3,(H2,6,7). The maximum atomic E-state index is 4.86. The Labute approximate surface area is 58.5 Å². The summed E-state index contributed by atoms with van der Waals surface area (Å²) in [6.07, 6.45) is 0. The van der Waals surface area contributed by atoms with Crippen LogP contribution in [0.25, 0.3) is 0 Å². The summed E-state index contributed by atoms with van der Waals surface area (Å²) >= 11 is 0. The first-order valence-electron chi connectivity index (χ1n) is 2.85. The zero-order valence-electron chi connectivity index (χ0n) is 5.94. The van der Waals surface area contributed by atoms with Crippen LogP contribution in [0.4, 0.5) is 5.82 Å². The van der Waals surface area contributed by atoms with Gasteiger partial charge in [-0.2, -0.15) is 5.10 Å². The quantitative estimate of drug-likeness (QED) is 0.353. The summed E-state index contributed by atoms with van der Waals surface area (Å²) in [4.78, 5) is 0. The molecule has 0 saturated heterocycles. The largest absolute Gasteiger partial charge is 0.305 e. The second-order valence-electron chi connectivity index (χ2n) is 1.98. The zero-order chi connectivity index (χ0) is 7.56. The van der Waals surface area contributed by atoms with Crippen LogP contribution in [0, 0.1) is 6.92 Å². The van der Waals surface area contributed by atoms with Gasteiger partial charge in [0, 0.05) is 13.1 Å². The van der Waals surface area contributed by atoms with Gasteiger partial charge in [-0.25, -0.2) is 4.68 Å². The molecule has 5 heteroatoms. The molecular formula is C5H9N5.